The van der Waals surface area contributed by atoms with Crippen molar-refractivity contribution in [2.24, 2.45) is 0 Å². The molecular formula is C15H20N2O3. The summed E-state index contributed by atoms with van der Waals surface area (Å²) in [4.78, 5) is 23.2. The van der Waals surface area contributed by atoms with Gasteiger partial charge in [-0.2, -0.15) is 0 Å². The lowest BCUT2D eigenvalue weighted by Gasteiger charge is -2.21. The van der Waals surface area contributed by atoms with Crippen LogP contribution in [0.4, 0.5) is 5.69 Å². The minimum absolute atomic E-state index is 0.0416. The van der Waals surface area contributed by atoms with E-state index in [0.717, 1.165) is 18.4 Å². The Morgan fingerprint density at radius 2 is 1.95 bits per heavy atom. The lowest BCUT2D eigenvalue weighted by Crippen LogP contribution is -2.42. The monoisotopic (exact) mass is 276 g/mol. The number of hydrogen-bond donors (Lipinski definition) is 3. The number of nitrogens with one attached hydrogen (secondary N) is 1. The van der Waals surface area contributed by atoms with Gasteiger partial charge in [-0.25, -0.2) is 0 Å². The third kappa shape index (κ3) is 2.92. The molecule has 0 aliphatic heterocycles. The van der Waals surface area contributed by atoms with Gasteiger partial charge >= 0.3 is 5.97 Å². The van der Waals surface area contributed by atoms with E-state index in [1.165, 1.54) is 0 Å². The Morgan fingerprint density at radius 1 is 1.35 bits per heavy atom. The largest absolute Gasteiger partial charge is 0.481 e. The molecule has 0 bridgehead atoms. The van der Waals surface area contributed by atoms with Gasteiger partial charge in [0.1, 0.15) is 0 Å². The fraction of sp³-hybridized carbons (Fsp3) is 0.467. The van der Waals surface area contributed by atoms with Crippen LogP contribution in [0.15, 0.2) is 24.3 Å². The molecule has 5 heteroatoms. The first-order valence-corrected chi connectivity index (χ1v) is 6.86. The van der Waals surface area contributed by atoms with E-state index in [9.17, 15) is 9.59 Å². The van der Waals surface area contributed by atoms with Crippen LogP contribution in [0, 0.1) is 0 Å². The van der Waals surface area contributed by atoms with E-state index in [4.69, 9.17) is 10.8 Å². The van der Waals surface area contributed by atoms with Crippen molar-refractivity contribution < 1.29 is 14.7 Å². The molecule has 1 aromatic rings. The molecule has 108 valence electrons. The third-order valence-electron chi connectivity index (χ3n) is 3.90. The van der Waals surface area contributed by atoms with Crippen molar-refractivity contribution in [1.29, 1.82) is 0 Å². The van der Waals surface area contributed by atoms with Crippen LogP contribution < -0.4 is 11.1 Å². The van der Waals surface area contributed by atoms with Crippen LogP contribution in [0.1, 0.15) is 38.2 Å². The van der Waals surface area contributed by atoms with Gasteiger partial charge in [-0.3, -0.25) is 9.59 Å². The second-order valence-electron chi connectivity index (χ2n) is 5.38. The standard InChI is InChI=1S/C15H20N2O3/c1-2-12(9-13(18)19)17-14(20)15(7-8-15)10-3-5-11(16)6-4-10/h3-6,12H,2,7-9,16H2,1H3,(H,17,20)(H,18,19). The number of carbonyl (C=O) groups excluding carboxylic acids is 1. The first kappa shape index (κ1) is 14.4. The molecule has 1 fully saturated rings. The van der Waals surface area contributed by atoms with E-state index in [1.807, 2.05) is 19.1 Å². The molecule has 1 unspecified atom stereocenters. The highest BCUT2D eigenvalue weighted by atomic mass is 16.4. The summed E-state index contributed by atoms with van der Waals surface area (Å²) in [5, 5.41) is 11.7. The molecule has 2 rings (SSSR count). The molecule has 1 aliphatic carbocycles. The van der Waals surface area contributed by atoms with Gasteiger partial charge in [0.2, 0.25) is 5.91 Å². The van der Waals surface area contributed by atoms with Crippen molar-refractivity contribution in [3.63, 3.8) is 0 Å². The molecule has 1 aromatic carbocycles. The maximum atomic E-state index is 12.4. The van der Waals surface area contributed by atoms with Gasteiger partial charge in [-0.1, -0.05) is 19.1 Å². The minimum atomic E-state index is -0.894. The molecule has 0 saturated heterocycles. The average molecular weight is 276 g/mol. The summed E-state index contributed by atoms with van der Waals surface area (Å²) in [5.74, 6) is -0.968. The Labute approximate surface area is 118 Å². The van der Waals surface area contributed by atoms with Crippen LogP contribution in [-0.4, -0.2) is 23.0 Å². The number of carboxylic acids is 1. The summed E-state index contributed by atoms with van der Waals surface area (Å²) in [6, 6.07) is 7.01. The summed E-state index contributed by atoms with van der Waals surface area (Å²) < 4.78 is 0. The molecule has 1 atom stereocenters. The molecule has 1 amide bonds. The van der Waals surface area contributed by atoms with Crippen molar-refractivity contribution in [1.82, 2.24) is 5.32 Å². The molecule has 4 N–H and O–H groups in total. The SMILES string of the molecule is CCC(CC(=O)O)NC(=O)C1(c2ccc(N)cc2)CC1. The predicted molar refractivity (Wildman–Crippen MR) is 76.2 cm³/mol. The smallest absolute Gasteiger partial charge is 0.305 e. The zero-order valence-corrected chi connectivity index (χ0v) is 11.6. The van der Waals surface area contributed by atoms with E-state index in [2.05, 4.69) is 5.32 Å². The zero-order chi connectivity index (χ0) is 14.8. The summed E-state index contributed by atoms with van der Waals surface area (Å²) in [5.41, 5.74) is 6.79. The van der Waals surface area contributed by atoms with Crippen LogP contribution in [0.5, 0.6) is 0 Å². The second kappa shape index (κ2) is 5.53. The van der Waals surface area contributed by atoms with E-state index in [1.54, 1.807) is 12.1 Å². The Morgan fingerprint density at radius 3 is 2.40 bits per heavy atom. The molecule has 0 radical (unpaired) electrons. The summed E-state index contributed by atoms with van der Waals surface area (Å²) in [6.45, 7) is 1.87. The maximum Gasteiger partial charge on any atom is 0.305 e. The van der Waals surface area contributed by atoms with Crippen molar-refractivity contribution in [2.45, 2.75) is 44.1 Å². The Bertz CT molecular complexity index is 506. The number of hydrogen-bond acceptors (Lipinski definition) is 3. The van der Waals surface area contributed by atoms with Crippen LogP contribution >= 0.6 is 0 Å². The Kier molecular flexibility index (Phi) is 3.97. The normalized spacial score (nSPS) is 17.2. The van der Waals surface area contributed by atoms with Gasteiger partial charge in [-0.05, 0) is 37.0 Å². The number of nitrogens with two attached hydrogens (primary N) is 1. The van der Waals surface area contributed by atoms with Crippen molar-refractivity contribution in [2.75, 3.05) is 5.73 Å². The van der Waals surface area contributed by atoms with Crippen LogP contribution in [-0.2, 0) is 15.0 Å². The van der Waals surface area contributed by atoms with Gasteiger partial charge in [-0.15, -0.1) is 0 Å². The topological polar surface area (TPSA) is 92.4 Å². The molecule has 1 saturated carbocycles. The number of carboxylic acid groups (broad SMARTS) is 1. The summed E-state index contributed by atoms with van der Waals surface area (Å²) >= 11 is 0. The van der Waals surface area contributed by atoms with Gasteiger partial charge in [0.15, 0.2) is 0 Å². The first-order chi connectivity index (χ1) is 9.48. The maximum absolute atomic E-state index is 12.4. The average Bonchev–Trinajstić information content (AvgIpc) is 3.19. The molecule has 0 aromatic heterocycles. The highest BCUT2D eigenvalue weighted by Crippen LogP contribution is 2.48. The van der Waals surface area contributed by atoms with Crippen molar-refractivity contribution in [3.05, 3.63) is 29.8 Å². The van der Waals surface area contributed by atoms with Gasteiger partial charge in [0.25, 0.3) is 0 Å². The number of anilines is 1. The molecular weight excluding hydrogens is 256 g/mol. The zero-order valence-electron chi connectivity index (χ0n) is 11.6. The van der Waals surface area contributed by atoms with Crippen molar-refractivity contribution in [3.8, 4) is 0 Å². The Balaban J connectivity index is 2.08. The van der Waals surface area contributed by atoms with Gasteiger partial charge in [0, 0.05) is 11.7 Å². The van der Waals surface area contributed by atoms with Gasteiger partial charge in [0.05, 0.1) is 11.8 Å². The molecule has 1 aliphatic rings. The molecule has 0 heterocycles. The first-order valence-electron chi connectivity index (χ1n) is 6.86. The molecule has 5 nitrogen and oxygen atoms in total. The highest BCUT2D eigenvalue weighted by molar-refractivity contribution is 5.91. The van der Waals surface area contributed by atoms with Crippen LogP contribution in [0.2, 0.25) is 0 Å². The van der Waals surface area contributed by atoms with E-state index in [0.29, 0.717) is 12.1 Å². The predicted octanol–water partition coefficient (Wildman–Crippen LogP) is 1.67. The lowest BCUT2D eigenvalue weighted by molar-refractivity contribution is -0.137. The number of rotatable bonds is 6. The quantitative estimate of drug-likeness (QED) is 0.689. The third-order valence-corrected chi connectivity index (χ3v) is 3.90. The van der Waals surface area contributed by atoms with Crippen LogP contribution in [0.25, 0.3) is 0 Å². The van der Waals surface area contributed by atoms with E-state index in [-0.39, 0.29) is 18.4 Å². The summed E-state index contributed by atoms with van der Waals surface area (Å²) in [6.07, 6.45) is 2.16. The van der Waals surface area contributed by atoms with Gasteiger partial charge < -0.3 is 16.2 Å². The molecule has 0 spiro atoms. The number of carbonyl (C=O) groups is 2. The fourth-order valence-corrected chi connectivity index (χ4v) is 2.41. The number of benzene rings is 1. The second-order valence-corrected chi connectivity index (χ2v) is 5.38. The minimum Gasteiger partial charge on any atom is -0.481 e. The highest BCUT2D eigenvalue weighted by Gasteiger charge is 2.51. The number of nitrogen functional groups attached to an aromatic ring is 1. The van der Waals surface area contributed by atoms with Crippen LogP contribution in [0.3, 0.4) is 0 Å². The summed E-state index contributed by atoms with van der Waals surface area (Å²) in [7, 11) is 0. The van der Waals surface area contributed by atoms with E-state index < -0.39 is 11.4 Å². The lowest BCUT2D eigenvalue weighted by atomic mass is 9.94. The fourth-order valence-electron chi connectivity index (χ4n) is 2.41. The number of aliphatic carboxylic acids is 1. The Hall–Kier alpha value is -2.04. The molecule has 20 heavy (non-hydrogen) atoms. The van der Waals surface area contributed by atoms with E-state index >= 15 is 0 Å². The number of amides is 1. The van der Waals surface area contributed by atoms with Crippen molar-refractivity contribution >= 4 is 17.6 Å².